The molecule has 1 N–H and O–H groups in total. The highest BCUT2D eigenvalue weighted by Gasteiger charge is 2.61. The average Bonchev–Trinajstić information content (AvgIpc) is 2.14. The van der Waals surface area contributed by atoms with E-state index in [1.54, 1.807) is 0 Å². The maximum atomic E-state index is 13.0. The molecule has 0 bridgehead atoms. The Morgan fingerprint density at radius 1 is 1.19 bits per heavy atom. The van der Waals surface area contributed by atoms with E-state index in [1.807, 2.05) is 0 Å². The zero-order valence-electron chi connectivity index (χ0n) is 9.34. The summed E-state index contributed by atoms with van der Waals surface area (Å²) in [4.78, 5) is 3.62. The maximum Gasteiger partial charge on any atom is 0.422 e. The van der Waals surface area contributed by atoms with Crippen molar-refractivity contribution in [2.24, 2.45) is 5.41 Å². The Morgan fingerprint density at radius 2 is 1.75 bits per heavy atom. The molecule has 0 spiro atoms. The minimum Gasteiger partial charge on any atom is -0.376 e. The van der Waals surface area contributed by atoms with Crippen LogP contribution in [0.5, 0.6) is 0 Å². The van der Waals surface area contributed by atoms with Crippen molar-refractivity contribution in [3.05, 3.63) is 30.1 Å². The third kappa shape index (κ3) is 1.91. The van der Waals surface area contributed by atoms with Gasteiger partial charge in [-0.05, 0) is 6.07 Å². The van der Waals surface area contributed by atoms with Crippen LogP contribution in [-0.4, -0.2) is 16.3 Å². The molecule has 0 aliphatic rings. The molecule has 0 saturated heterocycles. The van der Waals surface area contributed by atoms with Gasteiger partial charge in [-0.2, -0.15) is 13.2 Å². The molecule has 1 atom stereocenters. The van der Waals surface area contributed by atoms with Gasteiger partial charge in [-0.1, -0.05) is 26.8 Å². The molecular weight excluding hydrogens is 219 g/mol. The van der Waals surface area contributed by atoms with Gasteiger partial charge < -0.3 is 5.11 Å². The lowest BCUT2D eigenvalue weighted by Crippen LogP contribution is -2.52. The van der Waals surface area contributed by atoms with Gasteiger partial charge in [0.15, 0.2) is 5.60 Å². The molecule has 2 nitrogen and oxygen atoms in total. The topological polar surface area (TPSA) is 33.1 Å². The van der Waals surface area contributed by atoms with E-state index in [4.69, 9.17) is 0 Å². The smallest absolute Gasteiger partial charge is 0.376 e. The summed E-state index contributed by atoms with van der Waals surface area (Å²) in [5, 5.41) is 9.99. The summed E-state index contributed by atoms with van der Waals surface area (Å²) in [6, 6.07) is 2.60. The molecule has 90 valence electrons. The molecule has 1 heterocycles. The Bertz CT molecular complexity index is 340. The van der Waals surface area contributed by atoms with Crippen LogP contribution in [0.15, 0.2) is 24.5 Å². The van der Waals surface area contributed by atoms with Gasteiger partial charge in [0.25, 0.3) is 0 Å². The van der Waals surface area contributed by atoms with Crippen LogP contribution in [0.1, 0.15) is 26.3 Å². The predicted octanol–water partition coefficient (Wildman–Crippen LogP) is 2.88. The van der Waals surface area contributed by atoms with Gasteiger partial charge in [-0.3, -0.25) is 4.98 Å². The van der Waals surface area contributed by atoms with Gasteiger partial charge in [-0.25, -0.2) is 0 Å². The van der Waals surface area contributed by atoms with Gasteiger partial charge >= 0.3 is 6.18 Å². The summed E-state index contributed by atoms with van der Waals surface area (Å²) in [6.45, 7) is 4.02. The first-order valence-electron chi connectivity index (χ1n) is 4.80. The summed E-state index contributed by atoms with van der Waals surface area (Å²) in [5.74, 6) is 0. The van der Waals surface area contributed by atoms with Crippen molar-refractivity contribution in [1.29, 1.82) is 0 Å². The van der Waals surface area contributed by atoms with Crippen molar-refractivity contribution in [2.75, 3.05) is 0 Å². The molecule has 1 aromatic rings. The monoisotopic (exact) mass is 233 g/mol. The third-order valence-corrected chi connectivity index (χ3v) is 2.57. The Balaban J connectivity index is 3.39. The van der Waals surface area contributed by atoms with Crippen molar-refractivity contribution in [3.63, 3.8) is 0 Å². The van der Waals surface area contributed by atoms with Crippen LogP contribution in [0.25, 0.3) is 0 Å². The number of nitrogens with zero attached hydrogens (tertiary/aromatic N) is 1. The summed E-state index contributed by atoms with van der Waals surface area (Å²) >= 11 is 0. The van der Waals surface area contributed by atoms with Gasteiger partial charge in [0.05, 0.1) is 0 Å². The molecular formula is C11H14F3NO. The van der Waals surface area contributed by atoms with Crippen LogP contribution in [0.4, 0.5) is 13.2 Å². The SMILES string of the molecule is CC(C)(C)C(O)(c1cccnc1)C(F)(F)F. The van der Waals surface area contributed by atoms with E-state index in [0.29, 0.717) is 0 Å². The number of rotatable bonds is 1. The number of aliphatic hydroxyl groups is 1. The molecule has 0 aliphatic carbocycles. The second-order valence-corrected chi connectivity index (χ2v) is 4.70. The first-order valence-corrected chi connectivity index (χ1v) is 4.80. The standard InChI is InChI=1S/C11H14F3NO/c1-9(2,3)10(16,11(12,13)14)8-5-4-6-15-7-8/h4-7,16H,1-3H3. The zero-order valence-corrected chi connectivity index (χ0v) is 9.34. The fourth-order valence-electron chi connectivity index (χ4n) is 1.60. The minimum absolute atomic E-state index is 0.241. The molecule has 0 aromatic carbocycles. The molecule has 0 saturated carbocycles. The minimum atomic E-state index is -4.74. The number of aromatic nitrogens is 1. The molecule has 0 amide bonds. The largest absolute Gasteiger partial charge is 0.422 e. The Hall–Kier alpha value is -1.10. The molecule has 0 radical (unpaired) electrons. The van der Waals surface area contributed by atoms with Crippen molar-refractivity contribution in [2.45, 2.75) is 32.5 Å². The van der Waals surface area contributed by atoms with Crippen LogP contribution in [-0.2, 0) is 5.60 Å². The molecule has 1 aromatic heterocycles. The number of alkyl halides is 3. The quantitative estimate of drug-likeness (QED) is 0.809. The maximum absolute atomic E-state index is 13.0. The normalized spacial score (nSPS) is 16.9. The van der Waals surface area contributed by atoms with E-state index in [0.717, 1.165) is 6.20 Å². The summed E-state index contributed by atoms with van der Waals surface area (Å²) in [5.41, 5.74) is -4.50. The number of hydrogen-bond acceptors (Lipinski definition) is 2. The highest BCUT2D eigenvalue weighted by molar-refractivity contribution is 5.23. The molecule has 0 fully saturated rings. The lowest BCUT2D eigenvalue weighted by Gasteiger charge is -2.41. The van der Waals surface area contributed by atoms with Crippen LogP contribution >= 0.6 is 0 Å². The summed E-state index contributed by atoms with van der Waals surface area (Å²) < 4.78 is 39.0. The highest BCUT2D eigenvalue weighted by atomic mass is 19.4. The van der Waals surface area contributed by atoms with Gasteiger partial charge in [0.2, 0.25) is 0 Å². The predicted molar refractivity (Wildman–Crippen MR) is 53.6 cm³/mol. The lowest BCUT2D eigenvalue weighted by molar-refractivity contribution is -0.302. The summed E-state index contributed by atoms with van der Waals surface area (Å²) in [7, 11) is 0. The number of pyridine rings is 1. The number of halogens is 3. The second-order valence-electron chi connectivity index (χ2n) is 4.70. The Kier molecular flexibility index (Phi) is 3.02. The Labute approximate surface area is 92.1 Å². The lowest BCUT2D eigenvalue weighted by atomic mass is 9.72. The van der Waals surface area contributed by atoms with Gasteiger partial charge in [-0.15, -0.1) is 0 Å². The van der Waals surface area contributed by atoms with E-state index < -0.39 is 17.2 Å². The zero-order chi connectivity index (χ0) is 12.6. The first kappa shape index (κ1) is 13.0. The summed E-state index contributed by atoms with van der Waals surface area (Å²) in [6.07, 6.45) is -2.34. The van der Waals surface area contributed by atoms with Crippen LogP contribution < -0.4 is 0 Å². The van der Waals surface area contributed by atoms with Crippen LogP contribution in [0, 0.1) is 5.41 Å². The van der Waals surface area contributed by atoms with E-state index in [9.17, 15) is 18.3 Å². The van der Waals surface area contributed by atoms with Crippen LogP contribution in [0.3, 0.4) is 0 Å². The van der Waals surface area contributed by atoms with E-state index >= 15 is 0 Å². The number of hydrogen-bond donors (Lipinski definition) is 1. The van der Waals surface area contributed by atoms with Gasteiger partial charge in [0.1, 0.15) is 0 Å². The van der Waals surface area contributed by atoms with E-state index in [2.05, 4.69) is 4.98 Å². The molecule has 5 heteroatoms. The second kappa shape index (κ2) is 3.73. The fourth-order valence-corrected chi connectivity index (χ4v) is 1.60. The van der Waals surface area contributed by atoms with Crippen LogP contribution in [0.2, 0.25) is 0 Å². The first-order chi connectivity index (χ1) is 7.11. The van der Waals surface area contributed by atoms with Gasteiger partial charge in [0, 0.05) is 23.4 Å². The highest BCUT2D eigenvalue weighted by Crippen LogP contribution is 2.50. The van der Waals surface area contributed by atoms with E-state index in [-0.39, 0.29) is 5.56 Å². The third-order valence-electron chi connectivity index (χ3n) is 2.57. The molecule has 0 aliphatic heterocycles. The van der Waals surface area contributed by atoms with Crippen molar-refractivity contribution in [3.8, 4) is 0 Å². The van der Waals surface area contributed by atoms with E-state index in [1.165, 1.54) is 39.1 Å². The van der Waals surface area contributed by atoms with Crippen molar-refractivity contribution in [1.82, 2.24) is 4.98 Å². The van der Waals surface area contributed by atoms with Crippen molar-refractivity contribution < 1.29 is 18.3 Å². The Morgan fingerprint density at radius 3 is 2.06 bits per heavy atom. The molecule has 1 rings (SSSR count). The molecule has 16 heavy (non-hydrogen) atoms. The van der Waals surface area contributed by atoms with Crippen molar-refractivity contribution >= 4 is 0 Å². The fraction of sp³-hybridized carbons (Fsp3) is 0.545. The molecule has 1 unspecified atom stereocenters. The average molecular weight is 233 g/mol.